The van der Waals surface area contributed by atoms with E-state index >= 15 is 0 Å². The number of aromatic nitrogens is 2. The average Bonchev–Trinajstić information content (AvgIpc) is 2.98. The summed E-state index contributed by atoms with van der Waals surface area (Å²) in [5.41, 5.74) is 7.65. The van der Waals surface area contributed by atoms with Crippen LogP contribution >= 0.6 is 22.9 Å². The highest BCUT2D eigenvalue weighted by Crippen LogP contribution is 2.30. The lowest BCUT2D eigenvalue weighted by Crippen LogP contribution is -2.05. The minimum atomic E-state index is 0.555. The largest absolute Gasteiger partial charge is 0.437 e. The summed E-state index contributed by atoms with van der Waals surface area (Å²) in [4.78, 5) is 5.42. The number of imidazole rings is 1. The van der Waals surface area contributed by atoms with Crippen molar-refractivity contribution >= 4 is 27.9 Å². The molecule has 20 heavy (non-hydrogen) atoms. The molecule has 3 aromatic rings. The smallest absolute Gasteiger partial charge is 0.242 e. The van der Waals surface area contributed by atoms with Gasteiger partial charge in [0.05, 0.1) is 5.69 Å². The molecule has 0 atom stereocenters. The van der Waals surface area contributed by atoms with E-state index in [0.29, 0.717) is 12.4 Å². The van der Waals surface area contributed by atoms with Crippen molar-refractivity contribution in [1.29, 1.82) is 0 Å². The van der Waals surface area contributed by atoms with E-state index in [4.69, 9.17) is 22.1 Å². The Morgan fingerprint density at radius 2 is 2.30 bits per heavy atom. The van der Waals surface area contributed by atoms with Gasteiger partial charge in [0.15, 0.2) is 4.96 Å². The van der Waals surface area contributed by atoms with Crippen LogP contribution in [0.5, 0.6) is 11.6 Å². The molecular formula is C14H14ClN3OS. The summed E-state index contributed by atoms with van der Waals surface area (Å²) in [7, 11) is 0. The van der Waals surface area contributed by atoms with E-state index in [1.54, 1.807) is 11.3 Å². The minimum absolute atomic E-state index is 0.555. The number of rotatable bonds is 4. The molecule has 1 aromatic carbocycles. The van der Waals surface area contributed by atoms with E-state index in [1.165, 1.54) is 0 Å². The van der Waals surface area contributed by atoms with E-state index in [2.05, 4.69) is 4.98 Å². The van der Waals surface area contributed by atoms with E-state index < -0.39 is 0 Å². The molecule has 0 saturated heterocycles. The predicted octanol–water partition coefficient (Wildman–Crippen LogP) is 3.65. The van der Waals surface area contributed by atoms with Crippen LogP contribution in [0, 0.1) is 6.92 Å². The van der Waals surface area contributed by atoms with Crippen molar-refractivity contribution in [3.05, 3.63) is 46.1 Å². The Morgan fingerprint density at radius 3 is 3.05 bits per heavy atom. The molecule has 4 nitrogen and oxygen atoms in total. The lowest BCUT2D eigenvalue weighted by Gasteiger charge is -2.07. The molecule has 0 saturated carbocycles. The zero-order valence-electron chi connectivity index (χ0n) is 11.0. The molecule has 6 heteroatoms. The van der Waals surface area contributed by atoms with Gasteiger partial charge in [0.1, 0.15) is 5.75 Å². The van der Waals surface area contributed by atoms with Crippen molar-refractivity contribution in [2.45, 2.75) is 13.3 Å². The zero-order chi connectivity index (χ0) is 14.1. The molecule has 0 unspecified atom stereocenters. The summed E-state index contributed by atoms with van der Waals surface area (Å²) in [5, 5.41) is 2.73. The van der Waals surface area contributed by atoms with Gasteiger partial charge in [-0.05, 0) is 37.2 Å². The van der Waals surface area contributed by atoms with Crippen molar-refractivity contribution in [2.24, 2.45) is 5.73 Å². The lowest BCUT2D eigenvalue weighted by molar-refractivity contribution is 0.459. The number of hydrogen-bond donors (Lipinski definition) is 1. The highest BCUT2D eigenvalue weighted by Gasteiger charge is 2.14. The number of nitrogens with zero attached hydrogens (tertiary/aromatic N) is 2. The number of benzene rings is 1. The number of halogens is 1. The first kappa shape index (κ1) is 13.4. The summed E-state index contributed by atoms with van der Waals surface area (Å²) in [6, 6.07) is 5.57. The van der Waals surface area contributed by atoms with Crippen LogP contribution < -0.4 is 10.5 Å². The third kappa shape index (κ3) is 2.40. The predicted molar refractivity (Wildman–Crippen MR) is 82.1 cm³/mol. The van der Waals surface area contributed by atoms with Crippen LogP contribution in [0.25, 0.3) is 4.96 Å². The second kappa shape index (κ2) is 5.44. The van der Waals surface area contributed by atoms with Crippen molar-refractivity contribution in [2.75, 3.05) is 6.54 Å². The number of nitrogens with two attached hydrogens (primary N) is 1. The lowest BCUT2D eigenvalue weighted by atomic mass is 10.2. The Morgan fingerprint density at radius 1 is 1.45 bits per heavy atom. The molecule has 0 bridgehead atoms. The fourth-order valence-corrected chi connectivity index (χ4v) is 2.89. The fraction of sp³-hybridized carbons (Fsp3) is 0.214. The van der Waals surface area contributed by atoms with Crippen molar-refractivity contribution < 1.29 is 4.74 Å². The monoisotopic (exact) mass is 307 g/mol. The van der Waals surface area contributed by atoms with Gasteiger partial charge in [-0.1, -0.05) is 11.6 Å². The molecule has 2 aromatic heterocycles. The number of aryl methyl sites for hydroxylation is 1. The van der Waals surface area contributed by atoms with Crippen LogP contribution in [0.15, 0.2) is 29.8 Å². The summed E-state index contributed by atoms with van der Waals surface area (Å²) in [5.74, 6) is 1.35. The molecular weight excluding hydrogens is 294 g/mol. The highest BCUT2D eigenvalue weighted by molar-refractivity contribution is 7.15. The maximum Gasteiger partial charge on any atom is 0.242 e. The van der Waals surface area contributed by atoms with E-state index in [-0.39, 0.29) is 0 Å². The van der Waals surface area contributed by atoms with Gasteiger partial charge in [0.2, 0.25) is 5.88 Å². The molecule has 0 aliphatic rings. The normalized spacial score (nSPS) is 11.2. The third-order valence-electron chi connectivity index (χ3n) is 3.05. The topological polar surface area (TPSA) is 52.5 Å². The Labute approximate surface area is 125 Å². The molecule has 104 valence electrons. The first-order valence-corrected chi connectivity index (χ1v) is 7.53. The maximum atomic E-state index is 6.02. The second-order valence-corrected chi connectivity index (χ2v) is 5.75. The van der Waals surface area contributed by atoms with Crippen LogP contribution in [-0.2, 0) is 6.42 Å². The van der Waals surface area contributed by atoms with Gasteiger partial charge in [-0.2, -0.15) is 4.98 Å². The molecule has 0 spiro atoms. The molecule has 3 rings (SSSR count). The van der Waals surface area contributed by atoms with E-state index in [9.17, 15) is 0 Å². The SMILES string of the molecule is Cc1cc(Oc2nc3sccn3c2CCN)ccc1Cl. The Kier molecular flexibility index (Phi) is 3.65. The summed E-state index contributed by atoms with van der Waals surface area (Å²) in [6.07, 6.45) is 2.71. The fourth-order valence-electron chi connectivity index (χ4n) is 2.05. The molecule has 2 N–H and O–H groups in total. The number of thiazole rings is 1. The summed E-state index contributed by atoms with van der Waals surface area (Å²) < 4.78 is 7.93. The summed E-state index contributed by atoms with van der Waals surface area (Å²) in [6.45, 7) is 2.50. The average molecular weight is 308 g/mol. The van der Waals surface area contributed by atoms with E-state index in [1.807, 2.05) is 41.1 Å². The van der Waals surface area contributed by atoms with Crippen molar-refractivity contribution in [3.8, 4) is 11.6 Å². The molecule has 0 amide bonds. The van der Waals surface area contributed by atoms with Gasteiger partial charge in [-0.25, -0.2) is 0 Å². The van der Waals surface area contributed by atoms with Crippen LogP contribution in [0.3, 0.4) is 0 Å². The molecule has 2 heterocycles. The van der Waals surface area contributed by atoms with Gasteiger partial charge >= 0.3 is 0 Å². The number of hydrogen-bond acceptors (Lipinski definition) is 4. The minimum Gasteiger partial charge on any atom is -0.437 e. The van der Waals surface area contributed by atoms with Crippen LogP contribution in [-0.4, -0.2) is 15.9 Å². The van der Waals surface area contributed by atoms with Crippen molar-refractivity contribution in [1.82, 2.24) is 9.38 Å². The van der Waals surface area contributed by atoms with Crippen LogP contribution in [0.2, 0.25) is 5.02 Å². The maximum absolute atomic E-state index is 6.02. The van der Waals surface area contributed by atoms with Gasteiger partial charge in [0, 0.05) is 23.0 Å². The zero-order valence-corrected chi connectivity index (χ0v) is 12.5. The first-order chi connectivity index (χ1) is 9.69. The highest BCUT2D eigenvalue weighted by atomic mass is 35.5. The van der Waals surface area contributed by atoms with Gasteiger partial charge in [-0.15, -0.1) is 11.3 Å². The Hall–Kier alpha value is -1.56. The number of fused-ring (bicyclic) bond motifs is 1. The third-order valence-corrected chi connectivity index (χ3v) is 4.23. The Balaban J connectivity index is 1.98. The van der Waals surface area contributed by atoms with E-state index in [0.717, 1.165) is 33.4 Å². The molecule has 0 radical (unpaired) electrons. The van der Waals surface area contributed by atoms with Crippen LogP contribution in [0.4, 0.5) is 0 Å². The Bertz CT molecular complexity index is 750. The molecule has 0 aliphatic carbocycles. The molecule has 0 aliphatic heterocycles. The standard InChI is InChI=1S/C14H14ClN3OS/c1-9-8-10(2-3-11(9)15)19-13-12(4-5-16)18-6-7-20-14(18)17-13/h2-3,6-8H,4-5,16H2,1H3. The van der Waals surface area contributed by atoms with Crippen molar-refractivity contribution in [3.63, 3.8) is 0 Å². The number of ether oxygens (including phenoxy) is 1. The van der Waals surface area contributed by atoms with Gasteiger partial charge < -0.3 is 10.5 Å². The van der Waals surface area contributed by atoms with Gasteiger partial charge in [-0.3, -0.25) is 4.40 Å². The second-order valence-electron chi connectivity index (χ2n) is 4.47. The quantitative estimate of drug-likeness (QED) is 0.800. The first-order valence-electron chi connectivity index (χ1n) is 6.27. The molecule has 0 fully saturated rings. The summed E-state index contributed by atoms with van der Waals surface area (Å²) >= 11 is 7.60. The van der Waals surface area contributed by atoms with Gasteiger partial charge in [0.25, 0.3) is 0 Å². The van der Waals surface area contributed by atoms with Crippen LogP contribution in [0.1, 0.15) is 11.3 Å².